The number of halogens is 2. The molecule has 1 aliphatic rings. The van der Waals surface area contributed by atoms with E-state index in [9.17, 15) is 22.7 Å². The van der Waals surface area contributed by atoms with Crippen LogP contribution in [0.2, 0.25) is 5.02 Å². The molecule has 0 unspecified atom stereocenters. The lowest BCUT2D eigenvalue weighted by atomic mass is 10.2. The van der Waals surface area contributed by atoms with Gasteiger partial charge >= 0.3 is 10.2 Å². The van der Waals surface area contributed by atoms with Crippen molar-refractivity contribution in [2.45, 2.75) is 13.0 Å². The number of β-amino-alcohol motifs (C(OH)–C–C–N with tert-alkyl or cyclic N) is 1. The number of aliphatic hydroxyl groups excluding tert-OH is 1. The molecule has 1 saturated heterocycles. The first-order valence-electron chi connectivity index (χ1n) is 7.96. The van der Waals surface area contributed by atoms with Crippen molar-refractivity contribution in [3.05, 3.63) is 46.5 Å². The Hall–Kier alpha value is -2.14. The van der Waals surface area contributed by atoms with Crippen molar-refractivity contribution in [1.29, 1.82) is 0 Å². The van der Waals surface area contributed by atoms with Crippen molar-refractivity contribution in [2.75, 3.05) is 23.1 Å². The number of benzene rings is 1. The Labute approximate surface area is 160 Å². The van der Waals surface area contributed by atoms with E-state index in [1.165, 1.54) is 29.0 Å². The number of aliphatic hydroxyl groups is 1. The Kier molecular flexibility index (Phi) is 5.17. The van der Waals surface area contributed by atoms with Gasteiger partial charge in [-0.05, 0) is 30.7 Å². The first-order chi connectivity index (χ1) is 12.6. The summed E-state index contributed by atoms with van der Waals surface area (Å²) in [6.45, 7) is 1.56. The van der Waals surface area contributed by atoms with Crippen LogP contribution in [0.3, 0.4) is 0 Å². The minimum atomic E-state index is -3.88. The first-order valence-corrected chi connectivity index (χ1v) is 9.78. The zero-order valence-corrected chi connectivity index (χ0v) is 16.1. The van der Waals surface area contributed by atoms with Crippen molar-refractivity contribution in [1.82, 2.24) is 8.87 Å². The van der Waals surface area contributed by atoms with Crippen LogP contribution in [0.4, 0.5) is 15.8 Å². The molecular weight excluding hydrogens is 399 g/mol. The fourth-order valence-corrected chi connectivity index (χ4v) is 4.33. The molecule has 11 heteroatoms. The minimum absolute atomic E-state index is 0.00293. The SMILES string of the molecule is Cc1cc(NC(=O)c2c(Cl)c(NS(=O)(=O)N3CC(O)C3)cn2C)ccc1F. The van der Waals surface area contributed by atoms with Crippen molar-refractivity contribution >= 4 is 39.1 Å². The van der Waals surface area contributed by atoms with Crippen LogP contribution in [-0.2, 0) is 17.3 Å². The van der Waals surface area contributed by atoms with E-state index in [1.807, 2.05) is 0 Å². The van der Waals surface area contributed by atoms with Crippen molar-refractivity contribution in [2.24, 2.45) is 7.05 Å². The number of anilines is 2. The number of amides is 1. The molecule has 1 aliphatic heterocycles. The fraction of sp³-hybridized carbons (Fsp3) is 0.312. The molecule has 1 fully saturated rings. The van der Waals surface area contributed by atoms with Crippen LogP contribution in [0.5, 0.6) is 0 Å². The third-order valence-electron chi connectivity index (χ3n) is 4.16. The molecule has 27 heavy (non-hydrogen) atoms. The van der Waals surface area contributed by atoms with Gasteiger partial charge in [-0.25, -0.2) is 4.39 Å². The van der Waals surface area contributed by atoms with E-state index in [-0.39, 0.29) is 29.5 Å². The average molecular weight is 417 g/mol. The van der Waals surface area contributed by atoms with Gasteiger partial charge in [-0.1, -0.05) is 11.6 Å². The fourth-order valence-electron chi connectivity index (χ4n) is 2.66. The summed E-state index contributed by atoms with van der Waals surface area (Å²) in [5.74, 6) is -0.962. The minimum Gasteiger partial charge on any atom is -0.390 e. The van der Waals surface area contributed by atoms with Crippen LogP contribution in [0, 0.1) is 12.7 Å². The van der Waals surface area contributed by atoms with Gasteiger partial charge in [-0.15, -0.1) is 0 Å². The van der Waals surface area contributed by atoms with E-state index in [1.54, 1.807) is 14.0 Å². The molecule has 0 bridgehead atoms. The Bertz CT molecular complexity index is 1000. The summed E-state index contributed by atoms with van der Waals surface area (Å²) >= 11 is 6.21. The second-order valence-corrected chi connectivity index (χ2v) is 8.36. The zero-order valence-electron chi connectivity index (χ0n) is 14.5. The number of nitrogens with one attached hydrogen (secondary N) is 2. The van der Waals surface area contributed by atoms with Crippen LogP contribution in [0.15, 0.2) is 24.4 Å². The summed E-state index contributed by atoms with van der Waals surface area (Å²) in [7, 11) is -2.33. The smallest absolute Gasteiger partial charge is 0.301 e. The summed E-state index contributed by atoms with van der Waals surface area (Å²) < 4.78 is 42.6. The maximum absolute atomic E-state index is 13.3. The Morgan fingerprint density at radius 3 is 2.63 bits per heavy atom. The highest BCUT2D eigenvalue weighted by Gasteiger charge is 2.35. The largest absolute Gasteiger partial charge is 0.390 e. The molecule has 0 spiro atoms. The molecule has 146 valence electrons. The van der Waals surface area contributed by atoms with Gasteiger partial charge < -0.3 is 15.0 Å². The summed E-state index contributed by atoms with van der Waals surface area (Å²) in [6.07, 6.45) is 0.689. The topological polar surface area (TPSA) is 104 Å². The van der Waals surface area contributed by atoms with Crippen LogP contribution >= 0.6 is 11.6 Å². The standard InChI is InChI=1S/C16H18ClFN4O4S/c1-9-5-10(3-4-12(9)18)19-16(24)15-14(17)13(8-21(15)2)20-27(25,26)22-6-11(23)7-22/h3-5,8,11,20,23H,6-7H2,1-2H3,(H,19,24). The van der Waals surface area contributed by atoms with Gasteiger partial charge in [-0.2, -0.15) is 12.7 Å². The predicted molar refractivity (Wildman–Crippen MR) is 99.6 cm³/mol. The number of aromatic nitrogens is 1. The van der Waals surface area contributed by atoms with Gasteiger partial charge in [0.25, 0.3) is 5.91 Å². The normalized spacial score (nSPS) is 15.4. The molecule has 3 N–H and O–H groups in total. The third-order valence-corrected chi connectivity index (χ3v) is 6.00. The van der Waals surface area contributed by atoms with Crippen LogP contribution in [-0.4, -0.2) is 47.5 Å². The molecule has 0 atom stereocenters. The summed E-state index contributed by atoms with van der Waals surface area (Å²) in [4.78, 5) is 12.5. The second kappa shape index (κ2) is 7.12. The molecule has 3 rings (SSSR count). The number of rotatable bonds is 5. The first kappa shape index (κ1) is 19.6. The number of carbonyl (C=O) groups is 1. The Morgan fingerprint density at radius 2 is 2.04 bits per heavy atom. The van der Waals surface area contributed by atoms with Crippen molar-refractivity contribution in [3.63, 3.8) is 0 Å². The van der Waals surface area contributed by atoms with Gasteiger partial charge in [0, 0.05) is 32.0 Å². The summed E-state index contributed by atoms with van der Waals surface area (Å²) in [5.41, 5.74) is 0.838. The number of hydrogen-bond acceptors (Lipinski definition) is 4. The monoisotopic (exact) mass is 416 g/mol. The van der Waals surface area contributed by atoms with Gasteiger partial charge in [0.1, 0.15) is 11.5 Å². The lowest BCUT2D eigenvalue weighted by Gasteiger charge is -2.34. The predicted octanol–water partition coefficient (Wildman–Crippen LogP) is 1.71. The van der Waals surface area contributed by atoms with E-state index >= 15 is 0 Å². The molecule has 0 saturated carbocycles. The van der Waals surface area contributed by atoms with E-state index < -0.39 is 28.0 Å². The molecular formula is C16H18ClFN4O4S. The summed E-state index contributed by atoms with van der Waals surface area (Å²) in [5, 5.41) is 11.8. The highest BCUT2D eigenvalue weighted by atomic mass is 35.5. The maximum Gasteiger partial charge on any atom is 0.301 e. The molecule has 2 heterocycles. The molecule has 0 radical (unpaired) electrons. The third kappa shape index (κ3) is 3.93. The zero-order chi connectivity index (χ0) is 19.9. The molecule has 1 amide bonds. The van der Waals surface area contributed by atoms with E-state index in [0.717, 1.165) is 4.31 Å². The number of hydrogen-bond donors (Lipinski definition) is 3. The highest BCUT2D eigenvalue weighted by Crippen LogP contribution is 2.30. The van der Waals surface area contributed by atoms with Gasteiger partial charge in [0.05, 0.1) is 16.8 Å². The van der Waals surface area contributed by atoms with Gasteiger partial charge in [0.2, 0.25) is 0 Å². The van der Waals surface area contributed by atoms with E-state index in [0.29, 0.717) is 11.3 Å². The van der Waals surface area contributed by atoms with E-state index in [4.69, 9.17) is 11.6 Å². The molecule has 1 aromatic heterocycles. The lowest BCUT2D eigenvalue weighted by molar-refractivity contribution is 0.0552. The van der Waals surface area contributed by atoms with Crippen LogP contribution in [0.25, 0.3) is 0 Å². The quantitative estimate of drug-likeness (QED) is 0.690. The van der Waals surface area contributed by atoms with Crippen molar-refractivity contribution in [3.8, 4) is 0 Å². The Balaban J connectivity index is 1.80. The maximum atomic E-state index is 13.3. The molecule has 0 aliphatic carbocycles. The number of aryl methyl sites for hydroxylation is 2. The number of carbonyl (C=O) groups excluding carboxylic acids is 1. The number of nitrogens with zero attached hydrogens (tertiary/aromatic N) is 2. The highest BCUT2D eigenvalue weighted by molar-refractivity contribution is 7.90. The van der Waals surface area contributed by atoms with Gasteiger partial charge in [0.15, 0.2) is 0 Å². The van der Waals surface area contributed by atoms with Crippen LogP contribution in [0.1, 0.15) is 16.1 Å². The molecule has 2 aromatic rings. The lowest BCUT2D eigenvalue weighted by Crippen LogP contribution is -2.55. The summed E-state index contributed by atoms with van der Waals surface area (Å²) in [6, 6.07) is 4.12. The Morgan fingerprint density at radius 1 is 1.37 bits per heavy atom. The van der Waals surface area contributed by atoms with Gasteiger partial charge in [-0.3, -0.25) is 9.52 Å². The second-order valence-electron chi connectivity index (χ2n) is 6.31. The molecule has 1 aromatic carbocycles. The average Bonchev–Trinajstić information content (AvgIpc) is 2.81. The van der Waals surface area contributed by atoms with E-state index in [2.05, 4.69) is 10.0 Å². The van der Waals surface area contributed by atoms with Crippen LogP contribution < -0.4 is 10.0 Å². The molecule has 8 nitrogen and oxygen atoms in total. The van der Waals surface area contributed by atoms with Crippen molar-refractivity contribution < 1.29 is 22.7 Å².